The van der Waals surface area contributed by atoms with Crippen molar-refractivity contribution >= 4 is 28.7 Å². The second-order valence-corrected chi connectivity index (χ2v) is 9.90. The number of hydrogen-bond acceptors (Lipinski definition) is 8. The predicted octanol–water partition coefficient (Wildman–Crippen LogP) is 4.16. The summed E-state index contributed by atoms with van der Waals surface area (Å²) in [7, 11) is 1.51. The Kier molecular flexibility index (Phi) is 8.37. The Labute approximate surface area is 237 Å². The van der Waals surface area contributed by atoms with Crippen LogP contribution in [-0.2, 0) is 0 Å². The van der Waals surface area contributed by atoms with Crippen LogP contribution in [0.3, 0.4) is 0 Å². The molecule has 2 aromatic heterocycles. The Bertz CT molecular complexity index is 1540. The second-order valence-electron chi connectivity index (χ2n) is 9.90. The number of benzene rings is 2. The predicted molar refractivity (Wildman–Crippen MR) is 154 cm³/mol. The molecule has 41 heavy (non-hydrogen) atoms. The summed E-state index contributed by atoms with van der Waals surface area (Å²) in [5.74, 6) is 1.95. The lowest BCUT2D eigenvalue weighted by Gasteiger charge is -2.29. The number of rotatable bonds is 9. The average Bonchev–Trinajstić information content (AvgIpc) is 3.28. The number of carbonyl (C=O) groups is 2. The van der Waals surface area contributed by atoms with E-state index in [0.29, 0.717) is 52.2 Å². The highest BCUT2D eigenvalue weighted by Gasteiger charge is 2.17. The zero-order chi connectivity index (χ0) is 28.9. The lowest BCUT2D eigenvalue weighted by atomic mass is 10.1. The third-order valence-corrected chi connectivity index (χ3v) is 7.04. The SMILES string of the molecule is COc1cc2c(cc1Oc1ccnc(NC(=O)c3ccc(OCCN4CCC(O)CC4)cc3)c1)cc(C)n2C(N)=O. The smallest absolute Gasteiger partial charge is 0.323 e. The van der Waals surface area contributed by atoms with Crippen LogP contribution in [0, 0.1) is 6.92 Å². The summed E-state index contributed by atoms with van der Waals surface area (Å²) in [6.07, 6.45) is 2.93. The fraction of sp³-hybridized carbons (Fsp3) is 0.300. The standard InChI is InChI=1S/C30H33N5O6/c1-19-15-21-16-27(26(39-2)18-25(21)35(19)30(31)38)41-24-7-10-32-28(17-24)33-29(37)20-3-5-23(6-4-20)40-14-13-34-11-8-22(36)9-12-34/h3-7,10,15-18,22,36H,8-9,11-14H2,1-2H3,(H2,31,38)(H,32,33,37). The molecule has 3 heterocycles. The van der Waals surface area contributed by atoms with Gasteiger partial charge in [0.1, 0.15) is 23.9 Å². The second kappa shape index (κ2) is 12.3. The molecule has 2 amide bonds. The monoisotopic (exact) mass is 559 g/mol. The molecule has 0 saturated carbocycles. The van der Waals surface area contributed by atoms with Gasteiger partial charge in [-0.1, -0.05) is 0 Å². The highest BCUT2D eigenvalue weighted by Crippen LogP contribution is 2.37. The van der Waals surface area contributed by atoms with Crippen LogP contribution in [-0.4, -0.2) is 71.0 Å². The van der Waals surface area contributed by atoms with Gasteiger partial charge >= 0.3 is 6.03 Å². The molecule has 1 aliphatic heterocycles. The first kappa shape index (κ1) is 27.9. The lowest BCUT2D eigenvalue weighted by Crippen LogP contribution is -2.38. The van der Waals surface area contributed by atoms with E-state index in [-0.39, 0.29) is 12.0 Å². The summed E-state index contributed by atoms with van der Waals surface area (Å²) in [5, 5.41) is 13.2. The van der Waals surface area contributed by atoms with Crippen molar-refractivity contribution in [2.24, 2.45) is 5.73 Å². The molecule has 11 heteroatoms. The molecule has 0 aliphatic carbocycles. The quantitative estimate of drug-likeness (QED) is 0.278. The number of nitrogens with two attached hydrogens (primary N) is 1. The number of aliphatic hydroxyl groups is 1. The fourth-order valence-electron chi connectivity index (χ4n) is 4.88. The van der Waals surface area contributed by atoms with E-state index in [0.717, 1.165) is 37.9 Å². The molecule has 0 radical (unpaired) electrons. The number of amides is 2. The van der Waals surface area contributed by atoms with Crippen molar-refractivity contribution in [1.82, 2.24) is 14.5 Å². The first-order chi connectivity index (χ1) is 19.8. The Hall–Kier alpha value is -4.61. The van der Waals surface area contributed by atoms with Gasteiger partial charge in [-0.2, -0.15) is 0 Å². The molecule has 0 atom stereocenters. The minimum absolute atomic E-state index is 0.191. The number of carbonyl (C=O) groups excluding carboxylic acids is 2. The van der Waals surface area contributed by atoms with Crippen LogP contribution in [0.25, 0.3) is 10.9 Å². The number of nitrogens with one attached hydrogen (secondary N) is 1. The van der Waals surface area contributed by atoms with Gasteiger partial charge in [0, 0.05) is 54.6 Å². The van der Waals surface area contributed by atoms with Gasteiger partial charge in [0.05, 0.1) is 18.7 Å². The minimum atomic E-state index is -0.583. The number of piperidine rings is 1. The van der Waals surface area contributed by atoms with E-state index >= 15 is 0 Å². The van der Waals surface area contributed by atoms with Gasteiger partial charge < -0.3 is 30.4 Å². The minimum Gasteiger partial charge on any atom is -0.493 e. The van der Waals surface area contributed by atoms with Gasteiger partial charge in [0.25, 0.3) is 5.91 Å². The number of aromatic nitrogens is 2. The molecule has 0 unspecified atom stereocenters. The number of primary amides is 1. The summed E-state index contributed by atoms with van der Waals surface area (Å²) < 4.78 is 18.8. The maximum absolute atomic E-state index is 12.9. The number of methoxy groups -OCH3 is 1. The van der Waals surface area contributed by atoms with Crippen molar-refractivity contribution < 1.29 is 28.9 Å². The van der Waals surface area contributed by atoms with Crippen LogP contribution in [0.5, 0.6) is 23.0 Å². The number of ether oxygens (including phenoxy) is 3. The number of nitrogens with zero attached hydrogens (tertiary/aromatic N) is 3. The van der Waals surface area contributed by atoms with Crippen LogP contribution < -0.4 is 25.3 Å². The van der Waals surface area contributed by atoms with Crippen molar-refractivity contribution in [3.8, 4) is 23.0 Å². The first-order valence-corrected chi connectivity index (χ1v) is 13.4. The molecule has 1 fully saturated rings. The summed E-state index contributed by atoms with van der Waals surface area (Å²) in [6.45, 7) is 4.86. The topological polar surface area (TPSA) is 141 Å². The molecule has 0 spiro atoms. The van der Waals surface area contributed by atoms with Crippen molar-refractivity contribution in [2.75, 3.05) is 38.7 Å². The van der Waals surface area contributed by atoms with Crippen molar-refractivity contribution in [2.45, 2.75) is 25.9 Å². The number of aryl methyl sites for hydroxylation is 1. The number of hydrogen-bond donors (Lipinski definition) is 3. The Morgan fingerprint density at radius 2 is 1.80 bits per heavy atom. The Morgan fingerprint density at radius 1 is 1.05 bits per heavy atom. The normalized spacial score (nSPS) is 14.1. The number of aliphatic hydroxyl groups excluding tert-OH is 1. The van der Waals surface area contributed by atoms with Crippen molar-refractivity contribution in [1.29, 1.82) is 0 Å². The van der Waals surface area contributed by atoms with E-state index in [9.17, 15) is 14.7 Å². The van der Waals surface area contributed by atoms with Gasteiger partial charge in [-0.05, 0) is 62.2 Å². The van der Waals surface area contributed by atoms with E-state index in [1.807, 2.05) is 6.07 Å². The molecule has 4 aromatic rings. The molecular weight excluding hydrogens is 526 g/mol. The van der Waals surface area contributed by atoms with E-state index in [4.69, 9.17) is 19.9 Å². The maximum Gasteiger partial charge on any atom is 0.323 e. The number of pyridine rings is 1. The van der Waals surface area contributed by atoms with Crippen LogP contribution >= 0.6 is 0 Å². The van der Waals surface area contributed by atoms with Crippen LogP contribution in [0.15, 0.2) is 60.8 Å². The molecule has 214 valence electrons. The fourth-order valence-corrected chi connectivity index (χ4v) is 4.88. The first-order valence-electron chi connectivity index (χ1n) is 13.4. The van der Waals surface area contributed by atoms with Gasteiger partial charge in [-0.25, -0.2) is 9.78 Å². The van der Waals surface area contributed by atoms with Crippen LogP contribution in [0.1, 0.15) is 28.9 Å². The number of likely N-dealkylation sites (tertiary alicyclic amines) is 1. The molecule has 1 saturated heterocycles. The molecule has 1 aliphatic rings. The van der Waals surface area contributed by atoms with E-state index in [2.05, 4.69) is 15.2 Å². The van der Waals surface area contributed by atoms with Crippen LogP contribution in [0.4, 0.5) is 10.6 Å². The van der Waals surface area contributed by atoms with Gasteiger partial charge in [-0.3, -0.25) is 14.3 Å². The molecule has 4 N–H and O–H groups in total. The summed E-state index contributed by atoms with van der Waals surface area (Å²) in [6, 6.07) is 14.9. The number of anilines is 1. The van der Waals surface area contributed by atoms with Gasteiger partial charge in [0.2, 0.25) is 0 Å². The zero-order valence-electron chi connectivity index (χ0n) is 23.0. The summed E-state index contributed by atoms with van der Waals surface area (Å²) >= 11 is 0. The summed E-state index contributed by atoms with van der Waals surface area (Å²) in [4.78, 5) is 31.2. The highest BCUT2D eigenvalue weighted by molar-refractivity contribution is 6.03. The van der Waals surface area contributed by atoms with Gasteiger partial charge in [0.15, 0.2) is 11.5 Å². The third-order valence-electron chi connectivity index (χ3n) is 7.04. The Morgan fingerprint density at radius 3 is 2.51 bits per heavy atom. The highest BCUT2D eigenvalue weighted by atomic mass is 16.5. The van der Waals surface area contributed by atoms with Crippen molar-refractivity contribution in [3.05, 3.63) is 72.1 Å². The largest absolute Gasteiger partial charge is 0.493 e. The Balaban J connectivity index is 1.21. The zero-order valence-corrected chi connectivity index (χ0v) is 23.0. The number of fused-ring (bicyclic) bond motifs is 1. The third kappa shape index (κ3) is 6.59. The molecule has 5 rings (SSSR count). The van der Waals surface area contributed by atoms with E-state index in [1.54, 1.807) is 55.5 Å². The van der Waals surface area contributed by atoms with Crippen molar-refractivity contribution in [3.63, 3.8) is 0 Å². The average molecular weight is 560 g/mol. The van der Waals surface area contributed by atoms with Gasteiger partial charge in [-0.15, -0.1) is 0 Å². The summed E-state index contributed by atoms with van der Waals surface area (Å²) in [5.41, 5.74) is 7.29. The molecule has 0 bridgehead atoms. The van der Waals surface area contributed by atoms with E-state index in [1.165, 1.54) is 17.9 Å². The molecule has 2 aromatic carbocycles. The van der Waals surface area contributed by atoms with E-state index < -0.39 is 6.03 Å². The lowest BCUT2D eigenvalue weighted by molar-refractivity contribution is 0.0755. The molecule has 11 nitrogen and oxygen atoms in total. The van der Waals surface area contributed by atoms with Crippen LogP contribution in [0.2, 0.25) is 0 Å². The maximum atomic E-state index is 12.9. The molecular formula is C30H33N5O6.